The first-order chi connectivity index (χ1) is 13.2. The number of hydrogen-bond acceptors (Lipinski definition) is 4. The molecular formula is C21H16N4OS. The molecule has 1 aliphatic rings. The van der Waals surface area contributed by atoms with Crippen LogP contribution < -0.4 is 5.32 Å². The molecule has 2 aromatic carbocycles. The fourth-order valence-corrected chi connectivity index (χ4v) is 4.01. The van der Waals surface area contributed by atoms with E-state index in [0.717, 1.165) is 39.1 Å². The second-order valence-electron chi connectivity index (χ2n) is 6.58. The Hall–Kier alpha value is -3.25. The van der Waals surface area contributed by atoms with Gasteiger partial charge in [-0.2, -0.15) is 5.10 Å². The van der Waals surface area contributed by atoms with Crippen molar-refractivity contribution < 1.29 is 4.79 Å². The highest BCUT2D eigenvalue weighted by Gasteiger charge is 2.15. The lowest BCUT2D eigenvalue weighted by molar-refractivity contribution is 0.102. The lowest BCUT2D eigenvalue weighted by Gasteiger charge is -2.10. The summed E-state index contributed by atoms with van der Waals surface area (Å²) in [6.45, 7) is 1.89. The zero-order chi connectivity index (χ0) is 18.4. The van der Waals surface area contributed by atoms with E-state index in [0.29, 0.717) is 5.69 Å². The van der Waals surface area contributed by atoms with Gasteiger partial charge in [0.25, 0.3) is 5.91 Å². The van der Waals surface area contributed by atoms with E-state index in [9.17, 15) is 4.79 Å². The average molecular weight is 372 g/mol. The van der Waals surface area contributed by atoms with Crippen molar-refractivity contribution in [2.75, 3.05) is 5.32 Å². The molecule has 0 unspecified atom stereocenters. The van der Waals surface area contributed by atoms with Crippen molar-refractivity contribution >= 4 is 39.9 Å². The van der Waals surface area contributed by atoms with E-state index in [1.165, 1.54) is 22.5 Å². The van der Waals surface area contributed by atoms with Gasteiger partial charge in [0.2, 0.25) is 0 Å². The highest BCUT2D eigenvalue weighted by molar-refractivity contribution is 7.09. The third kappa shape index (κ3) is 2.84. The summed E-state index contributed by atoms with van der Waals surface area (Å²) < 4.78 is 0. The predicted molar refractivity (Wildman–Crippen MR) is 109 cm³/mol. The Morgan fingerprint density at radius 3 is 3.00 bits per heavy atom. The van der Waals surface area contributed by atoms with Crippen molar-refractivity contribution in [3.63, 3.8) is 0 Å². The van der Waals surface area contributed by atoms with Crippen molar-refractivity contribution in [1.29, 1.82) is 0 Å². The van der Waals surface area contributed by atoms with Crippen LogP contribution in [0.15, 0.2) is 48.0 Å². The van der Waals surface area contributed by atoms with Crippen LogP contribution in [-0.4, -0.2) is 21.1 Å². The van der Waals surface area contributed by atoms with E-state index in [4.69, 9.17) is 0 Å². The second kappa shape index (κ2) is 6.17. The van der Waals surface area contributed by atoms with E-state index >= 15 is 0 Å². The smallest absolute Gasteiger partial charge is 0.275 e. The number of fused-ring (bicyclic) bond motifs is 2. The van der Waals surface area contributed by atoms with Crippen molar-refractivity contribution in [1.82, 2.24) is 15.2 Å². The molecule has 0 saturated carbocycles. The first-order valence-electron chi connectivity index (χ1n) is 8.68. The van der Waals surface area contributed by atoms with Gasteiger partial charge in [0.15, 0.2) is 0 Å². The highest BCUT2D eigenvalue weighted by Crippen LogP contribution is 2.32. The fourth-order valence-electron chi connectivity index (χ4n) is 3.41. The summed E-state index contributed by atoms with van der Waals surface area (Å²) in [5, 5.41) is 13.7. The molecule has 0 bridgehead atoms. The Bertz CT molecular complexity index is 1220. The minimum absolute atomic E-state index is 0.211. The number of hydrogen-bond donors (Lipinski definition) is 2. The Balaban J connectivity index is 1.56. The molecule has 5 nitrogen and oxygen atoms in total. The van der Waals surface area contributed by atoms with E-state index in [1.54, 1.807) is 11.6 Å². The molecular weight excluding hydrogens is 356 g/mol. The third-order valence-corrected chi connectivity index (χ3v) is 5.54. The molecule has 0 spiro atoms. The Morgan fingerprint density at radius 1 is 1.22 bits per heavy atom. The maximum absolute atomic E-state index is 12.6. The molecule has 0 radical (unpaired) electrons. The van der Waals surface area contributed by atoms with Gasteiger partial charge in [-0.05, 0) is 47.7 Å². The van der Waals surface area contributed by atoms with E-state index in [1.807, 2.05) is 13.0 Å². The summed E-state index contributed by atoms with van der Waals surface area (Å²) in [6, 6.07) is 10.5. The molecule has 2 heterocycles. The molecule has 5 rings (SSSR count). The van der Waals surface area contributed by atoms with Crippen molar-refractivity contribution in [2.24, 2.45) is 0 Å². The van der Waals surface area contributed by atoms with Gasteiger partial charge in [0.05, 0.1) is 22.4 Å². The topological polar surface area (TPSA) is 70.7 Å². The maximum Gasteiger partial charge on any atom is 0.275 e. The SMILES string of the molecule is Cc1nc(C(=O)Nc2cc(-c3ccc4c(c3)CC=C4)cc3[nH]ncc23)cs1. The summed E-state index contributed by atoms with van der Waals surface area (Å²) in [5.41, 5.74) is 6.79. The third-order valence-electron chi connectivity index (χ3n) is 4.77. The summed E-state index contributed by atoms with van der Waals surface area (Å²) in [5.74, 6) is -0.211. The lowest BCUT2D eigenvalue weighted by atomic mass is 9.99. The van der Waals surface area contributed by atoms with Gasteiger partial charge in [-0.25, -0.2) is 4.98 Å². The maximum atomic E-state index is 12.6. The summed E-state index contributed by atoms with van der Waals surface area (Å²) >= 11 is 1.46. The van der Waals surface area contributed by atoms with Gasteiger partial charge in [-0.3, -0.25) is 9.89 Å². The number of anilines is 1. The highest BCUT2D eigenvalue weighted by atomic mass is 32.1. The van der Waals surface area contributed by atoms with E-state index in [-0.39, 0.29) is 5.91 Å². The van der Waals surface area contributed by atoms with Gasteiger partial charge in [0, 0.05) is 10.8 Å². The lowest BCUT2D eigenvalue weighted by Crippen LogP contribution is -2.12. The molecule has 1 aliphatic carbocycles. The van der Waals surface area contributed by atoms with Gasteiger partial charge < -0.3 is 5.32 Å². The number of nitrogens with zero attached hydrogens (tertiary/aromatic N) is 2. The fraction of sp³-hybridized carbons (Fsp3) is 0.0952. The Kier molecular flexibility index (Phi) is 3.65. The molecule has 0 saturated heterocycles. The number of carbonyl (C=O) groups is 1. The Labute approximate surface area is 159 Å². The van der Waals surface area contributed by atoms with Gasteiger partial charge in [0.1, 0.15) is 5.69 Å². The van der Waals surface area contributed by atoms with Crippen LogP contribution in [0.2, 0.25) is 0 Å². The number of thiazole rings is 1. The number of carbonyl (C=O) groups excluding carboxylic acids is 1. The number of H-pyrrole nitrogens is 1. The second-order valence-corrected chi connectivity index (χ2v) is 7.64. The molecule has 0 fully saturated rings. The molecule has 0 atom stereocenters. The summed E-state index contributed by atoms with van der Waals surface area (Å²) in [6.07, 6.45) is 7.02. The number of aromatic amines is 1. The molecule has 6 heteroatoms. The zero-order valence-corrected chi connectivity index (χ0v) is 15.4. The number of aryl methyl sites for hydroxylation is 1. The molecule has 27 heavy (non-hydrogen) atoms. The molecule has 4 aromatic rings. The summed E-state index contributed by atoms with van der Waals surface area (Å²) in [4.78, 5) is 16.9. The van der Waals surface area contributed by atoms with E-state index in [2.05, 4.69) is 56.9 Å². The standard InChI is InChI=1S/C21H16N4OS/c1-12-23-20(11-27-12)21(26)24-18-8-16(9-19-17(18)10-22-25-19)15-6-5-13-3-2-4-14(13)7-15/h2-3,5-11H,4H2,1H3,(H,22,25)(H,24,26). The van der Waals surface area contributed by atoms with Crippen LogP contribution in [0.3, 0.4) is 0 Å². The largest absolute Gasteiger partial charge is 0.320 e. The first-order valence-corrected chi connectivity index (χ1v) is 9.56. The molecule has 0 aliphatic heterocycles. The minimum Gasteiger partial charge on any atom is -0.320 e. The number of nitrogens with one attached hydrogen (secondary N) is 2. The molecule has 2 aromatic heterocycles. The van der Waals surface area contributed by atoms with Crippen molar-refractivity contribution in [2.45, 2.75) is 13.3 Å². The molecule has 2 N–H and O–H groups in total. The number of benzene rings is 2. The minimum atomic E-state index is -0.211. The number of amides is 1. The first kappa shape index (κ1) is 16.0. The van der Waals surface area contributed by atoms with Crippen LogP contribution in [0.1, 0.15) is 26.6 Å². The van der Waals surface area contributed by atoms with Crippen LogP contribution in [0.25, 0.3) is 28.1 Å². The van der Waals surface area contributed by atoms with E-state index < -0.39 is 0 Å². The van der Waals surface area contributed by atoms with Crippen LogP contribution in [0, 0.1) is 6.92 Å². The zero-order valence-electron chi connectivity index (χ0n) is 14.6. The van der Waals surface area contributed by atoms with Gasteiger partial charge >= 0.3 is 0 Å². The molecule has 132 valence electrons. The van der Waals surface area contributed by atoms with Crippen LogP contribution in [-0.2, 0) is 6.42 Å². The van der Waals surface area contributed by atoms with Gasteiger partial charge in [-0.1, -0.05) is 30.4 Å². The van der Waals surface area contributed by atoms with Crippen LogP contribution >= 0.6 is 11.3 Å². The predicted octanol–water partition coefficient (Wildman–Crippen LogP) is 4.82. The van der Waals surface area contributed by atoms with Crippen LogP contribution in [0.4, 0.5) is 5.69 Å². The van der Waals surface area contributed by atoms with Crippen LogP contribution in [0.5, 0.6) is 0 Å². The number of rotatable bonds is 3. The van der Waals surface area contributed by atoms with Gasteiger partial charge in [-0.15, -0.1) is 11.3 Å². The van der Waals surface area contributed by atoms with Crippen molar-refractivity contribution in [3.8, 4) is 11.1 Å². The average Bonchev–Trinajstić information content (AvgIpc) is 3.40. The Morgan fingerprint density at radius 2 is 2.15 bits per heavy atom. The van der Waals surface area contributed by atoms with Crippen molar-refractivity contribution in [3.05, 3.63) is 69.8 Å². The number of allylic oxidation sites excluding steroid dienone is 1. The monoisotopic (exact) mass is 372 g/mol. The number of aromatic nitrogens is 3. The quantitative estimate of drug-likeness (QED) is 0.542. The molecule has 1 amide bonds. The summed E-state index contributed by atoms with van der Waals surface area (Å²) in [7, 11) is 0. The normalized spacial score (nSPS) is 12.5.